The minimum atomic E-state index is -4.12. The SMILES string of the molecule is CC(C)C(C)(CC(C)(C)C)C(F)(F)F. The highest BCUT2D eigenvalue weighted by molar-refractivity contribution is 4.88. The van der Waals surface area contributed by atoms with Crippen LogP contribution in [-0.2, 0) is 0 Å². The van der Waals surface area contributed by atoms with E-state index in [1.54, 1.807) is 13.8 Å². The van der Waals surface area contributed by atoms with Gasteiger partial charge in [0.25, 0.3) is 0 Å². The van der Waals surface area contributed by atoms with E-state index in [9.17, 15) is 13.2 Å². The normalized spacial score (nSPS) is 18.4. The van der Waals surface area contributed by atoms with Crippen molar-refractivity contribution in [1.29, 1.82) is 0 Å². The zero-order valence-corrected chi connectivity index (χ0v) is 9.92. The fraction of sp³-hybridized carbons (Fsp3) is 1.00. The molecule has 3 heteroatoms. The Bertz CT molecular complexity index is 186. The fourth-order valence-corrected chi connectivity index (χ4v) is 1.73. The van der Waals surface area contributed by atoms with Gasteiger partial charge >= 0.3 is 6.18 Å². The summed E-state index contributed by atoms with van der Waals surface area (Å²) in [6.45, 7) is 10.1. The van der Waals surface area contributed by atoms with E-state index >= 15 is 0 Å². The zero-order valence-electron chi connectivity index (χ0n) is 9.92. The van der Waals surface area contributed by atoms with Gasteiger partial charge < -0.3 is 0 Å². The van der Waals surface area contributed by atoms with Gasteiger partial charge in [-0.1, -0.05) is 41.5 Å². The van der Waals surface area contributed by atoms with Crippen molar-refractivity contribution in [2.75, 3.05) is 0 Å². The molecule has 0 aliphatic heterocycles. The molecule has 0 N–H and O–H groups in total. The Labute approximate surface area is 84.9 Å². The first-order valence-electron chi connectivity index (χ1n) is 4.97. The monoisotopic (exact) mass is 210 g/mol. The Balaban J connectivity index is 4.94. The summed E-state index contributed by atoms with van der Waals surface area (Å²) in [5, 5.41) is 0. The van der Waals surface area contributed by atoms with Crippen molar-refractivity contribution >= 4 is 0 Å². The summed E-state index contributed by atoms with van der Waals surface area (Å²) < 4.78 is 38.7. The first-order valence-corrected chi connectivity index (χ1v) is 4.97. The Morgan fingerprint density at radius 3 is 1.36 bits per heavy atom. The molecule has 0 aliphatic carbocycles. The highest BCUT2D eigenvalue weighted by atomic mass is 19.4. The van der Waals surface area contributed by atoms with Crippen LogP contribution in [0.2, 0.25) is 0 Å². The molecule has 0 aromatic carbocycles. The van der Waals surface area contributed by atoms with E-state index in [0.29, 0.717) is 0 Å². The van der Waals surface area contributed by atoms with Crippen LogP contribution in [-0.4, -0.2) is 6.18 Å². The van der Waals surface area contributed by atoms with E-state index in [-0.39, 0.29) is 17.8 Å². The van der Waals surface area contributed by atoms with Crippen LogP contribution in [0.5, 0.6) is 0 Å². The average molecular weight is 210 g/mol. The zero-order chi connectivity index (χ0) is 11.8. The summed E-state index contributed by atoms with van der Waals surface area (Å²) in [6.07, 6.45) is -3.95. The van der Waals surface area contributed by atoms with E-state index < -0.39 is 11.6 Å². The quantitative estimate of drug-likeness (QED) is 0.622. The molecule has 0 fully saturated rings. The van der Waals surface area contributed by atoms with E-state index in [0.717, 1.165) is 0 Å². The largest absolute Gasteiger partial charge is 0.394 e. The summed E-state index contributed by atoms with van der Waals surface area (Å²) in [6, 6.07) is 0. The molecule has 14 heavy (non-hydrogen) atoms. The second kappa shape index (κ2) is 3.74. The van der Waals surface area contributed by atoms with Crippen LogP contribution in [0, 0.1) is 16.7 Å². The maximum Gasteiger partial charge on any atom is 0.394 e. The van der Waals surface area contributed by atoms with E-state index in [1.807, 2.05) is 20.8 Å². The molecule has 1 unspecified atom stereocenters. The molecule has 0 heterocycles. The van der Waals surface area contributed by atoms with Gasteiger partial charge in [-0.15, -0.1) is 0 Å². The number of alkyl halides is 3. The molecule has 0 bridgehead atoms. The lowest BCUT2D eigenvalue weighted by Crippen LogP contribution is -2.42. The Morgan fingerprint density at radius 2 is 1.29 bits per heavy atom. The highest BCUT2D eigenvalue weighted by Gasteiger charge is 2.54. The van der Waals surface area contributed by atoms with Gasteiger partial charge in [0.2, 0.25) is 0 Å². The second-order valence-corrected chi connectivity index (χ2v) is 5.81. The molecule has 0 radical (unpaired) electrons. The van der Waals surface area contributed by atoms with Crippen LogP contribution >= 0.6 is 0 Å². The van der Waals surface area contributed by atoms with Gasteiger partial charge in [-0.05, 0) is 17.8 Å². The van der Waals surface area contributed by atoms with Gasteiger partial charge in [0, 0.05) is 0 Å². The lowest BCUT2D eigenvalue weighted by Gasteiger charge is -2.40. The molecular weight excluding hydrogens is 189 g/mol. The van der Waals surface area contributed by atoms with Crippen molar-refractivity contribution in [3.63, 3.8) is 0 Å². The van der Waals surface area contributed by atoms with Crippen molar-refractivity contribution in [1.82, 2.24) is 0 Å². The highest BCUT2D eigenvalue weighted by Crippen LogP contribution is 2.50. The number of rotatable bonds is 2. The fourth-order valence-electron chi connectivity index (χ4n) is 1.73. The van der Waals surface area contributed by atoms with Crippen molar-refractivity contribution in [2.45, 2.75) is 54.1 Å². The molecule has 1 atom stereocenters. The maximum atomic E-state index is 12.9. The van der Waals surface area contributed by atoms with Crippen molar-refractivity contribution in [3.05, 3.63) is 0 Å². The summed E-state index contributed by atoms with van der Waals surface area (Å²) in [7, 11) is 0. The lowest BCUT2D eigenvalue weighted by molar-refractivity contribution is -0.242. The summed E-state index contributed by atoms with van der Waals surface area (Å²) in [5.74, 6) is -0.387. The molecule has 0 aromatic rings. The minimum absolute atomic E-state index is 0.168. The van der Waals surface area contributed by atoms with E-state index in [4.69, 9.17) is 0 Å². The third kappa shape index (κ3) is 3.18. The number of hydrogen-bond acceptors (Lipinski definition) is 0. The van der Waals surface area contributed by atoms with Crippen molar-refractivity contribution in [3.8, 4) is 0 Å². The molecule has 0 aliphatic rings. The molecule has 0 nitrogen and oxygen atoms in total. The average Bonchev–Trinajstić information content (AvgIpc) is 1.79. The smallest absolute Gasteiger partial charge is 0.171 e. The molecular formula is C11H21F3. The first kappa shape index (κ1) is 13.8. The van der Waals surface area contributed by atoms with Crippen LogP contribution in [0.15, 0.2) is 0 Å². The third-order valence-corrected chi connectivity index (χ3v) is 2.82. The van der Waals surface area contributed by atoms with Gasteiger partial charge in [-0.3, -0.25) is 0 Å². The molecule has 0 rings (SSSR count). The molecule has 0 amide bonds. The molecule has 0 saturated carbocycles. The lowest BCUT2D eigenvalue weighted by atomic mass is 9.68. The predicted octanol–water partition coefficient (Wildman–Crippen LogP) is 4.65. The number of hydrogen-bond donors (Lipinski definition) is 0. The number of halogens is 3. The predicted molar refractivity (Wildman–Crippen MR) is 53.1 cm³/mol. The van der Waals surface area contributed by atoms with Gasteiger partial charge in [0.15, 0.2) is 0 Å². The first-order chi connectivity index (χ1) is 5.90. The molecule has 0 spiro atoms. The van der Waals surface area contributed by atoms with Gasteiger partial charge in [-0.2, -0.15) is 13.2 Å². The van der Waals surface area contributed by atoms with Crippen LogP contribution in [0.4, 0.5) is 13.2 Å². The summed E-state index contributed by atoms with van der Waals surface area (Å²) >= 11 is 0. The third-order valence-electron chi connectivity index (χ3n) is 2.82. The summed E-state index contributed by atoms with van der Waals surface area (Å²) in [4.78, 5) is 0. The van der Waals surface area contributed by atoms with Gasteiger partial charge in [0.05, 0.1) is 5.41 Å². The Morgan fingerprint density at radius 1 is 0.929 bits per heavy atom. The summed E-state index contributed by atoms with van der Waals surface area (Å²) in [5.41, 5.74) is -1.88. The topological polar surface area (TPSA) is 0 Å². The van der Waals surface area contributed by atoms with Crippen molar-refractivity contribution in [2.24, 2.45) is 16.7 Å². The minimum Gasteiger partial charge on any atom is -0.171 e. The van der Waals surface area contributed by atoms with E-state index in [1.165, 1.54) is 6.92 Å². The second-order valence-electron chi connectivity index (χ2n) is 5.81. The molecule has 0 saturated heterocycles. The van der Waals surface area contributed by atoms with Gasteiger partial charge in [-0.25, -0.2) is 0 Å². The van der Waals surface area contributed by atoms with Crippen LogP contribution < -0.4 is 0 Å². The standard InChI is InChI=1S/C11H21F3/c1-8(2)10(6,11(12,13)14)7-9(3,4)5/h8H,7H2,1-6H3. The Hall–Kier alpha value is -0.210. The Kier molecular flexibility index (Phi) is 3.69. The van der Waals surface area contributed by atoms with Crippen LogP contribution in [0.3, 0.4) is 0 Å². The van der Waals surface area contributed by atoms with Gasteiger partial charge in [0.1, 0.15) is 0 Å². The van der Waals surface area contributed by atoms with E-state index in [2.05, 4.69) is 0 Å². The van der Waals surface area contributed by atoms with Crippen LogP contribution in [0.25, 0.3) is 0 Å². The maximum absolute atomic E-state index is 12.9. The molecule has 86 valence electrons. The van der Waals surface area contributed by atoms with Crippen molar-refractivity contribution < 1.29 is 13.2 Å². The molecule has 0 aromatic heterocycles. The van der Waals surface area contributed by atoms with Crippen LogP contribution in [0.1, 0.15) is 48.0 Å².